The Bertz CT molecular complexity index is 145. The van der Waals surface area contributed by atoms with Crippen LogP contribution in [0.1, 0.15) is 26.2 Å². The van der Waals surface area contributed by atoms with Gasteiger partial charge in [-0.15, -0.1) is 0 Å². The maximum atomic E-state index is 12.1. The van der Waals surface area contributed by atoms with Gasteiger partial charge in [0.05, 0.1) is 6.54 Å². The maximum Gasteiger partial charge on any atom is 0.251 e. The third-order valence-corrected chi connectivity index (χ3v) is 2.67. The Labute approximate surface area is 84.7 Å². The predicted octanol–water partition coefficient (Wildman–Crippen LogP) is 1.72. The molecule has 0 aromatic heterocycles. The molecule has 1 saturated heterocycles. The highest BCUT2D eigenvalue weighted by atomic mass is 19.3. The summed E-state index contributed by atoms with van der Waals surface area (Å²) in [6, 6.07) is 0.545. The molecule has 84 valence electrons. The van der Waals surface area contributed by atoms with Crippen LogP contribution in [0, 0.1) is 0 Å². The summed E-state index contributed by atoms with van der Waals surface area (Å²) in [6.45, 7) is 4.75. The third kappa shape index (κ3) is 4.33. The molecule has 0 bridgehead atoms. The number of hydrogen-bond acceptors (Lipinski definition) is 2. The van der Waals surface area contributed by atoms with Crippen molar-refractivity contribution in [3.63, 3.8) is 0 Å². The minimum atomic E-state index is -2.19. The van der Waals surface area contributed by atoms with Gasteiger partial charge in [0, 0.05) is 6.04 Å². The molecular formula is C10H20F2N2. The summed E-state index contributed by atoms with van der Waals surface area (Å²) in [5.74, 6) is 0. The molecule has 1 heterocycles. The second-order valence-corrected chi connectivity index (χ2v) is 3.92. The van der Waals surface area contributed by atoms with E-state index >= 15 is 0 Å². The molecule has 1 rings (SSSR count). The third-order valence-electron chi connectivity index (χ3n) is 2.67. The van der Waals surface area contributed by atoms with E-state index in [4.69, 9.17) is 0 Å². The van der Waals surface area contributed by atoms with Crippen molar-refractivity contribution < 1.29 is 8.78 Å². The van der Waals surface area contributed by atoms with E-state index in [2.05, 4.69) is 12.2 Å². The second-order valence-electron chi connectivity index (χ2n) is 3.92. The molecule has 0 aliphatic carbocycles. The molecule has 1 aliphatic rings. The smallest absolute Gasteiger partial charge is 0.251 e. The van der Waals surface area contributed by atoms with Gasteiger partial charge in [0.15, 0.2) is 0 Å². The standard InChI is InChI=1S/C10H20F2N2/c1-2-5-13-9-3-6-14(7-4-9)8-10(11)12/h9-10,13H,2-8H2,1H3. The lowest BCUT2D eigenvalue weighted by Crippen LogP contribution is -2.44. The molecule has 0 amide bonds. The van der Waals surface area contributed by atoms with Crippen LogP contribution >= 0.6 is 0 Å². The molecular weight excluding hydrogens is 186 g/mol. The van der Waals surface area contributed by atoms with E-state index in [-0.39, 0.29) is 6.54 Å². The molecule has 0 aromatic carbocycles. The number of likely N-dealkylation sites (tertiary alicyclic amines) is 1. The van der Waals surface area contributed by atoms with Crippen LogP contribution in [0.3, 0.4) is 0 Å². The Kier molecular flexibility index (Phi) is 5.33. The largest absolute Gasteiger partial charge is 0.314 e. The van der Waals surface area contributed by atoms with Crippen molar-refractivity contribution in [3.05, 3.63) is 0 Å². The number of alkyl halides is 2. The molecule has 0 unspecified atom stereocenters. The summed E-state index contributed by atoms with van der Waals surface area (Å²) in [7, 11) is 0. The fraction of sp³-hybridized carbons (Fsp3) is 1.00. The lowest BCUT2D eigenvalue weighted by molar-refractivity contribution is 0.0731. The number of rotatable bonds is 5. The Morgan fingerprint density at radius 3 is 2.50 bits per heavy atom. The highest BCUT2D eigenvalue weighted by molar-refractivity contribution is 4.77. The van der Waals surface area contributed by atoms with Gasteiger partial charge in [0.25, 0.3) is 6.43 Å². The average molecular weight is 206 g/mol. The van der Waals surface area contributed by atoms with Gasteiger partial charge in [-0.1, -0.05) is 6.92 Å². The van der Waals surface area contributed by atoms with E-state index in [0.29, 0.717) is 6.04 Å². The predicted molar refractivity (Wildman–Crippen MR) is 53.8 cm³/mol. The normalized spacial score (nSPS) is 20.6. The first-order valence-corrected chi connectivity index (χ1v) is 5.46. The van der Waals surface area contributed by atoms with Crippen molar-refractivity contribution in [1.29, 1.82) is 0 Å². The van der Waals surface area contributed by atoms with Gasteiger partial charge in [-0.2, -0.15) is 0 Å². The lowest BCUT2D eigenvalue weighted by atomic mass is 10.1. The maximum absolute atomic E-state index is 12.1. The van der Waals surface area contributed by atoms with Gasteiger partial charge in [-0.05, 0) is 38.9 Å². The Morgan fingerprint density at radius 2 is 2.00 bits per heavy atom. The van der Waals surface area contributed by atoms with Gasteiger partial charge in [-0.25, -0.2) is 8.78 Å². The summed E-state index contributed by atoms with van der Waals surface area (Å²) in [5, 5.41) is 3.43. The van der Waals surface area contributed by atoms with E-state index in [9.17, 15) is 8.78 Å². The number of nitrogens with one attached hydrogen (secondary N) is 1. The highest BCUT2D eigenvalue weighted by Crippen LogP contribution is 2.11. The van der Waals surface area contributed by atoms with Crippen molar-refractivity contribution in [2.45, 2.75) is 38.7 Å². The van der Waals surface area contributed by atoms with Crippen molar-refractivity contribution in [2.24, 2.45) is 0 Å². The summed E-state index contributed by atoms with van der Waals surface area (Å²) < 4.78 is 24.1. The van der Waals surface area contributed by atoms with Gasteiger partial charge < -0.3 is 5.32 Å². The molecule has 0 atom stereocenters. The van der Waals surface area contributed by atoms with Crippen LogP contribution in [0.25, 0.3) is 0 Å². The molecule has 1 fully saturated rings. The fourth-order valence-electron chi connectivity index (χ4n) is 1.86. The summed E-state index contributed by atoms with van der Waals surface area (Å²) >= 11 is 0. The van der Waals surface area contributed by atoms with E-state index in [1.165, 1.54) is 0 Å². The number of halogens is 2. The first-order chi connectivity index (χ1) is 6.72. The number of nitrogens with zero attached hydrogens (tertiary/aromatic N) is 1. The molecule has 1 aliphatic heterocycles. The van der Waals surface area contributed by atoms with Crippen molar-refractivity contribution >= 4 is 0 Å². The van der Waals surface area contributed by atoms with Gasteiger partial charge in [0.1, 0.15) is 0 Å². The van der Waals surface area contributed by atoms with Crippen molar-refractivity contribution in [2.75, 3.05) is 26.2 Å². The molecule has 0 radical (unpaired) electrons. The van der Waals surface area contributed by atoms with Crippen LogP contribution in [-0.4, -0.2) is 43.5 Å². The van der Waals surface area contributed by atoms with Crippen molar-refractivity contribution in [1.82, 2.24) is 10.2 Å². The quantitative estimate of drug-likeness (QED) is 0.736. The van der Waals surface area contributed by atoms with Crippen LogP contribution in [-0.2, 0) is 0 Å². The Hall–Kier alpha value is -0.220. The molecule has 1 N–H and O–H groups in total. The minimum Gasteiger partial charge on any atom is -0.314 e. The summed E-state index contributed by atoms with van der Waals surface area (Å²) in [4.78, 5) is 1.86. The Morgan fingerprint density at radius 1 is 1.36 bits per heavy atom. The zero-order chi connectivity index (χ0) is 10.4. The molecule has 0 spiro atoms. The number of piperidine rings is 1. The monoisotopic (exact) mass is 206 g/mol. The minimum absolute atomic E-state index is 0.0551. The summed E-state index contributed by atoms with van der Waals surface area (Å²) in [6.07, 6.45) is 0.964. The first-order valence-electron chi connectivity index (χ1n) is 5.46. The van der Waals surface area contributed by atoms with Gasteiger partial charge in [0.2, 0.25) is 0 Å². The Balaban J connectivity index is 2.11. The zero-order valence-electron chi connectivity index (χ0n) is 8.81. The van der Waals surface area contributed by atoms with E-state index in [0.717, 1.165) is 38.9 Å². The molecule has 0 aromatic rings. The van der Waals surface area contributed by atoms with Crippen LogP contribution in [0.15, 0.2) is 0 Å². The van der Waals surface area contributed by atoms with Crippen molar-refractivity contribution in [3.8, 4) is 0 Å². The topological polar surface area (TPSA) is 15.3 Å². The average Bonchev–Trinajstić information content (AvgIpc) is 2.16. The summed E-state index contributed by atoms with van der Waals surface area (Å²) in [5.41, 5.74) is 0. The van der Waals surface area contributed by atoms with E-state index in [1.54, 1.807) is 0 Å². The van der Waals surface area contributed by atoms with Gasteiger partial charge in [-0.3, -0.25) is 4.90 Å². The molecule has 0 saturated carbocycles. The van der Waals surface area contributed by atoms with Crippen LogP contribution < -0.4 is 5.32 Å². The van der Waals surface area contributed by atoms with Gasteiger partial charge >= 0.3 is 0 Å². The van der Waals surface area contributed by atoms with E-state index < -0.39 is 6.43 Å². The highest BCUT2D eigenvalue weighted by Gasteiger charge is 2.20. The SMILES string of the molecule is CCCNC1CCN(CC(F)F)CC1. The van der Waals surface area contributed by atoms with Crippen LogP contribution in [0.2, 0.25) is 0 Å². The fourth-order valence-corrected chi connectivity index (χ4v) is 1.86. The lowest BCUT2D eigenvalue weighted by Gasteiger charge is -2.32. The zero-order valence-corrected chi connectivity index (χ0v) is 8.81. The molecule has 4 heteroatoms. The molecule has 14 heavy (non-hydrogen) atoms. The van der Waals surface area contributed by atoms with Crippen LogP contribution in [0.5, 0.6) is 0 Å². The van der Waals surface area contributed by atoms with Crippen LogP contribution in [0.4, 0.5) is 8.78 Å². The number of hydrogen-bond donors (Lipinski definition) is 1. The van der Waals surface area contributed by atoms with E-state index in [1.807, 2.05) is 4.90 Å². The first kappa shape index (κ1) is 11.9. The second kappa shape index (κ2) is 6.30. The molecule has 2 nitrogen and oxygen atoms in total.